The van der Waals surface area contributed by atoms with Gasteiger partial charge in [0.2, 0.25) is 0 Å². The molecule has 6 fully saturated rings. The van der Waals surface area contributed by atoms with E-state index in [1.54, 1.807) is 0 Å². The van der Waals surface area contributed by atoms with E-state index in [9.17, 15) is 44.7 Å². The molecule has 0 unspecified atom stereocenters. The van der Waals surface area contributed by atoms with Crippen LogP contribution in [0.1, 0.15) is 106 Å². The normalized spacial score (nSPS) is 50.4. The third-order valence-corrected chi connectivity index (χ3v) is 17.8. The third-order valence-electron chi connectivity index (χ3n) is 17.8. The van der Waals surface area contributed by atoms with Crippen molar-refractivity contribution in [1.82, 2.24) is 0 Å². The van der Waals surface area contributed by atoms with Gasteiger partial charge in [0.25, 0.3) is 0 Å². The lowest BCUT2D eigenvalue weighted by molar-refractivity contribution is -0.371. The average molecular weight is 865 g/mol. The molecule has 16 nitrogen and oxygen atoms in total. The number of methoxy groups -OCH3 is 3. The minimum atomic E-state index is -1.93. The molecule has 0 aromatic rings. The van der Waals surface area contributed by atoms with Gasteiger partial charge < -0.3 is 58.7 Å². The molecule has 16 heteroatoms. The molecule has 7 aliphatic rings. The minimum absolute atomic E-state index is 0.0224. The zero-order chi connectivity index (χ0) is 45.0. The summed E-state index contributed by atoms with van der Waals surface area (Å²) in [7, 11) is 3.59. The number of esters is 3. The third kappa shape index (κ3) is 6.95. The van der Waals surface area contributed by atoms with E-state index in [2.05, 4.69) is 46.3 Å². The average Bonchev–Trinajstić information content (AvgIpc) is 3.21. The van der Waals surface area contributed by atoms with E-state index in [1.807, 2.05) is 13.0 Å². The molecule has 2 heterocycles. The highest BCUT2D eigenvalue weighted by Gasteiger charge is 2.71. The van der Waals surface area contributed by atoms with Crippen LogP contribution in [0.2, 0.25) is 0 Å². The fraction of sp³-hybridized carbons (Fsp3) is 0.867. The summed E-state index contributed by atoms with van der Waals surface area (Å²) in [5, 5.41) is 54.5. The molecule has 7 rings (SSSR count). The van der Waals surface area contributed by atoms with E-state index in [1.165, 1.54) is 12.7 Å². The molecular weight excluding hydrogens is 796 g/mol. The van der Waals surface area contributed by atoms with E-state index in [4.69, 9.17) is 28.4 Å². The predicted octanol–water partition coefficient (Wildman–Crippen LogP) is 2.51. The lowest BCUT2D eigenvalue weighted by Gasteiger charge is -2.70. The number of carbonyl (C=O) groups excluding carboxylic acids is 4. The second-order valence-corrected chi connectivity index (χ2v) is 21.2. The Morgan fingerprint density at radius 3 is 1.87 bits per heavy atom. The largest absolute Gasteiger partial charge is 0.469 e. The van der Waals surface area contributed by atoms with Crippen molar-refractivity contribution in [1.29, 1.82) is 0 Å². The summed E-state index contributed by atoms with van der Waals surface area (Å²) < 4.78 is 39.1. The highest BCUT2D eigenvalue weighted by Crippen LogP contribution is 2.75. The van der Waals surface area contributed by atoms with Gasteiger partial charge in [-0.25, -0.2) is 9.59 Å². The highest BCUT2D eigenvalue weighted by molar-refractivity contribution is 5.95. The second-order valence-electron chi connectivity index (χ2n) is 21.2. The van der Waals surface area contributed by atoms with Gasteiger partial charge in [-0.2, -0.15) is 0 Å². The van der Waals surface area contributed by atoms with Crippen LogP contribution < -0.4 is 0 Å². The molecule has 2 aliphatic heterocycles. The molecule has 0 aromatic heterocycles. The molecule has 344 valence electrons. The number of fused-ring (bicyclic) bond motifs is 7. The Kier molecular flexibility index (Phi) is 12.1. The van der Waals surface area contributed by atoms with Crippen molar-refractivity contribution in [3.63, 3.8) is 0 Å². The summed E-state index contributed by atoms with van der Waals surface area (Å²) in [6, 6.07) is 0. The van der Waals surface area contributed by atoms with E-state index >= 15 is 0 Å². The number of ketones is 1. The maximum absolute atomic E-state index is 15.0. The van der Waals surface area contributed by atoms with E-state index in [0.29, 0.717) is 19.3 Å². The molecule has 2 saturated heterocycles. The smallest absolute Gasteiger partial charge is 0.337 e. The first-order valence-corrected chi connectivity index (χ1v) is 21.9. The zero-order valence-electron chi connectivity index (χ0n) is 37.3. The van der Waals surface area contributed by atoms with Gasteiger partial charge in [-0.05, 0) is 110 Å². The molecule has 61 heavy (non-hydrogen) atoms. The number of allylic oxidation sites excluding steroid dienone is 2. The Balaban J connectivity index is 1.18. The van der Waals surface area contributed by atoms with Gasteiger partial charge in [0.1, 0.15) is 36.6 Å². The number of hydrogen-bond donors (Lipinski definition) is 5. The van der Waals surface area contributed by atoms with Crippen LogP contribution in [-0.2, 0) is 52.3 Å². The fourth-order valence-corrected chi connectivity index (χ4v) is 13.8. The van der Waals surface area contributed by atoms with Gasteiger partial charge >= 0.3 is 17.9 Å². The zero-order valence-corrected chi connectivity index (χ0v) is 37.3. The Bertz CT molecular complexity index is 1780. The van der Waals surface area contributed by atoms with Crippen molar-refractivity contribution >= 4 is 23.7 Å². The molecular formula is C45H68O16. The van der Waals surface area contributed by atoms with Crippen molar-refractivity contribution in [3.8, 4) is 0 Å². The molecule has 0 aromatic carbocycles. The maximum atomic E-state index is 15.0. The van der Waals surface area contributed by atoms with E-state index < -0.39 is 95.7 Å². The first kappa shape index (κ1) is 46.5. The van der Waals surface area contributed by atoms with E-state index in [-0.39, 0.29) is 45.8 Å². The van der Waals surface area contributed by atoms with Crippen molar-refractivity contribution < 1.29 is 77.9 Å². The molecule has 4 saturated carbocycles. The van der Waals surface area contributed by atoms with Crippen molar-refractivity contribution in [2.75, 3.05) is 21.3 Å². The SMILES string of the molecule is COC(=O)[C@H]1O[C@@H](O[C@H]2[C@@H](O[C@H]3CC[C@]4(C)[C@H]5C(=O)C=C6[C@H]7C[C@@](C)(C(=O)OC)CC[C@]7(C)CC[C@@]6(C)[C@]5(C)CC[C@H]4C3(C)C)O[C@H](C(=O)OC)[C@@H](O)[C@@H]2O)[C@H](O)[C@@H](O)[C@@H]1O. The van der Waals surface area contributed by atoms with Crippen LogP contribution in [0.5, 0.6) is 0 Å². The van der Waals surface area contributed by atoms with Crippen LogP contribution in [-0.4, -0.2) is 138 Å². The quantitative estimate of drug-likeness (QED) is 0.141. The van der Waals surface area contributed by atoms with Crippen LogP contribution in [0.4, 0.5) is 0 Å². The standard InChI is InChI=1S/C45H68O16/c1-40(2)24-11-14-45(7)34(23(46)19-21-22-20-42(4,39(54)57-10)16-15-41(22,3)17-18-44(21,45)6)43(24,5)13-12-25(40)58-38-33(29(50)28(49)32(60-38)36(53)56-9)61-37-30(51)26(47)27(48)31(59-37)35(52)55-8/h19,22,24-34,37-38,47-51H,11-18,20H2,1-10H3/t22-,24+,25+,26+,27+,28+,29+,30-,31+,32+,33-,34-,37+,38+,41-,42+,43+,44-,45-/m1/s1. The van der Waals surface area contributed by atoms with Crippen molar-refractivity contribution in [2.24, 2.45) is 50.2 Å². The van der Waals surface area contributed by atoms with Crippen LogP contribution in [0.3, 0.4) is 0 Å². The van der Waals surface area contributed by atoms with Gasteiger partial charge in [0.05, 0.1) is 32.8 Å². The van der Waals surface area contributed by atoms with Crippen LogP contribution >= 0.6 is 0 Å². The molecule has 19 atom stereocenters. The van der Waals surface area contributed by atoms with Crippen molar-refractivity contribution in [3.05, 3.63) is 11.6 Å². The van der Waals surface area contributed by atoms with E-state index in [0.717, 1.165) is 52.7 Å². The summed E-state index contributed by atoms with van der Waals surface area (Å²) in [5.74, 6) is -2.39. The maximum Gasteiger partial charge on any atom is 0.337 e. The number of aliphatic hydroxyl groups excluding tert-OH is 5. The van der Waals surface area contributed by atoms with Crippen LogP contribution in [0.15, 0.2) is 11.6 Å². The molecule has 5 N–H and O–H groups in total. The summed E-state index contributed by atoms with van der Waals surface area (Å²) in [6.07, 6.45) is -9.88. The number of aliphatic hydroxyl groups is 5. The van der Waals surface area contributed by atoms with Gasteiger partial charge in [0.15, 0.2) is 30.6 Å². The number of hydrogen-bond acceptors (Lipinski definition) is 16. The monoisotopic (exact) mass is 864 g/mol. The van der Waals surface area contributed by atoms with Gasteiger partial charge in [-0.1, -0.05) is 47.1 Å². The number of carbonyl (C=O) groups is 4. The fourth-order valence-electron chi connectivity index (χ4n) is 13.8. The minimum Gasteiger partial charge on any atom is -0.469 e. The summed E-state index contributed by atoms with van der Waals surface area (Å²) >= 11 is 0. The number of ether oxygens (including phenoxy) is 7. The van der Waals surface area contributed by atoms with Gasteiger partial charge in [0, 0.05) is 5.92 Å². The Hall–Kier alpha value is -2.54. The topological polar surface area (TPSA) is 234 Å². The first-order valence-electron chi connectivity index (χ1n) is 21.9. The lowest BCUT2D eigenvalue weighted by atomic mass is 9.33. The first-order chi connectivity index (χ1) is 28.4. The lowest BCUT2D eigenvalue weighted by Crippen LogP contribution is -2.68. The second kappa shape index (κ2) is 15.9. The Labute approximate surface area is 357 Å². The number of rotatable bonds is 7. The van der Waals surface area contributed by atoms with Crippen LogP contribution in [0.25, 0.3) is 0 Å². The summed E-state index contributed by atoms with van der Waals surface area (Å²) in [5.41, 5.74) is -1.21. The highest BCUT2D eigenvalue weighted by atomic mass is 16.8. The van der Waals surface area contributed by atoms with Gasteiger partial charge in [-0.15, -0.1) is 0 Å². The van der Waals surface area contributed by atoms with Crippen molar-refractivity contribution in [2.45, 2.75) is 174 Å². The Morgan fingerprint density at radius 1 is 0.672 bits per heavy atom. The molecule has 0 spiro atoms. The predicted molar refractivity (Wildman–Crippen MR) is 213 cm³/mol. The van der Waals surface area contributed by atoms with Crippen LogP contribution in [0, 0.1) is 50.2 Å². The Morgan fingerprint density at radius 2 is 1.26 bits per heavy atom. The van der Waals surface area contributed by atoms with Gasteiger partial charge in [-0.3, -0.25) is 9.59 Å². The molecule has 0 bridgehead atoms. The molecule has 0 radical (unpaired) electrons. The summed E-state index contributed by atoms with van der Waals surface area (Å²) in [6.45, 7) is 15.4. The molecule has 0 amide bonds. The summed E-state index contributed by atoms with van der Waals surface area (Å²) in [4.78, 5) is 53.4. The molecule has 5 aliphatic carbocycles.